The van der Waals surface area contributed by atoms with E-state index in [4.69, 9.17) is 15.6 Å². The van der Waals surface area contributed by atoms with Crippen LogP contribution in [-0.2, 0) is 4.74 Å². The van der Waals surface area contributed by atoms with E-state index in [1.54, 1.807) is 14.0 Å². The van der Waals surface area contributed by atoms with Gasteiger partial charge in [0.2, 0.25) is 0 Å². The summed E-state index contributed by atoms with van der Waals surface area (Å²) in [6.07, 6.45) is 0.417. The van der Waals surface area contributed by atoms with E-state index in [9.17, 15) is 5.11 Å². The first-order chi connectivity index (χ1) is 6.80. The SMILES string of the molecule is CC(C)C(O)CN.CCC(C)(O)COC. The van der Waals surface area contributed by atoms with Gasteiger partial charge in [0.25, 0.3) is 0 Å². The van der Waals surface area contributed by atoms with E-state index < -0.39 is 5.60 Å². The fourth-order valence-corrected chi connectivity index (χ4v) is 0.685. The molecule has 0 rings (SSSR count). The summed E-state index contributed by atoms with van der Waals surface area (Å²) in [7, 11) is 1.59. The van der Waals surface area contributed by atoms with E-state index in [0.29, 0.717) is 19.1 Å². The molecule has 0 radical (unpaired) electrons. The highest BCUT2D eigenvalue weighted by Crippen LogP contribution is 2.06. The van der Waals surface area contributed by atoms with Gasteiger partial charge in [-0.15, -0.1) is 0 Å². The molecule has 0 saturated carbocycles. The van der Waals surface area contributed by atoms with E-state index in [2.05, 4.69) is 0 Å². The summed E-state index contributed by atoms with van der Waals surface area (Å²) in [5.74, 6) is 0.296. The third-order valence-corrected chi connectivity index (χ3v) is 2.23. The summed E-state index contributed by atoms with van der Waals surface area (Å²) < 4.78 is 4.75. The fraction of sp³-hybridized carbons (Fsp3) is 1.00. The fourth-order valence-electron chi connectivity index (χ4n) is 0.685. The molecule has 4 N–H and O–H groups in total. The van der Waals surface area contributed by atoms with Gasteiger partial charge in [0.05, 0.1) is 18.3 Å². The van der Waals surface area contributed by atoms with Gasteiger partial charge < -0.3 is 20.7 Å². The number of hydrogen-bond donors (Lipinski definition) is 3. The molecule has 0 amide bonds. The first kappa shape index (κ1) is 17.2. The highest BCUT2D eigenvalue weighted by Gasteiger charge is 2.15. The van der Waals surface area contributed by atoms with Crippen LogP contribution < -0.4 is 5.73 Å². The lowest BCUT2D eigenvalue weighted by atomic mass is 10.1. The molecule has 15 heavy (non-hydrogen) atoms. The third kappa shape index (κ3) is 11.8. The van der Waals surface area contributed by atoms with Crippen molar-refractivity contribution in [3.63, 3.8) is 0 Å². The first-order valence-corrected chi connectivity index (χ1v) is 5.40. The second-order valence-corrected chi connectivity index (χ2v) is 4.33. The Labute approximate surface area is 93.4 Å². The van der Waals surface area contributed by atoms with Gasteiger partial charge in [0.1, 0.15) is 0 Å². The largest absolute Gasteiger partial charge is 0.392 e. The smallest absolute Gasteiger partial charge is 0.0849 e. The Balaban J connectivity index is 0. The maximum atomic E-state index is 9.20. The van der Waals surface area contributed by atoms with Crippen molar-refractivity contribution in [1.82, 2.24) is 0 Å². The molecule has 0 heterocycles. The Morgan fingerprint density at radius 2 is 1.87 bits per heavy atom. The molecule has 0 aliphatic carbocycles. The van der Waals surface area contributed by atoms with Gasteiger partial charge in [0.15, 0.2) is 0 Å². The van der Waals surface area contributed by atoms with E-state index in [1.165, 1.54) is 0 Å². The molecule has 2 atom stereocenters. The minimum Gasteiger partial charge on any atom is -0.392 e. The zero-order valence-corrected chi connectivity index (χ0v) is 10.7. The van der Waals surface area contributed by atoms with Crippen LogP contribution in [0.25, 0.3) is 0 Å². The van der Waals surface area contributed by atoms with Crippen LogP contribution in [0.15, 0.2) is 0 Å². The lowest BCUT2D eigenvalue weighted by molar-refractivity contribution is -0.0191. The van der Waals surface area contributed by atoms with Crippen LogP contribution in [-0.4, -0.2) is 42.2 Å². The molecule has 0 aromatic carbocycles. The Hall–Kier alpha value is -0.160. The van der Waals surface area contributed by atoms with E-state index in [-0.39, 0.29) is 6.10 Å². The van der Waals surface area contributed by atoms with Gasteiger partial charge >= 0.3 is 0 Å². The van der Waals surface area contributed by atoms with Gasteiger partial charge in [-0.1, -0.05) is 20.8 Å². The molecule has 0 aliphatic rings. The number of methoxy groups -OCH3 is 1. The maximum absolute atomic E-state index is 9.20. The van der Waals surface area contributed by atoms with Crippen molar-refractivity contribution in [2.45, 2.75) is 45.8 Å². The summed E-state index contributed by atoms with van der Waals surface area (Å²) in [5, 5.41) is 18.0. The monoisotopic (exact) mass is 221 g/mol. The summed E-state index contributed by atoms with van der Waals surface area (Å²) in [4.78, 5) is 0. The molecule has 0 fully saturated rings. The van der Waals surface area contributed by atoms with Gasteiger partial charge in [-0.25, -0.2) is 0 Å². The van der Waals surface area contributed by atoms with Crippen molar-refractivity contribution in [3.05, 3.63) is 0 Å². The van der Waals surface area contributed by atoms with Crippen molar-refractivity contribution in [2.24, 2.45) is 11.7 Å². The molecule has 4 nitrogen and oxygen atoms in total. The quantitative estimate of drug-likeness (QED) is 0.640. The molecule has 0 aromatic rings. The van der Waals surface area contributed by atoms with Crippen molar-refractivity contribution in [1.29, 1.82) is 0 Å². The number of rotatable bonds is 5. The number of aliphatic hydroxyl groups excluding tert-OH is 1. The average molecular weight is 221 g/mol. The van der Waals surface area contributed by atoms with E-state index in [1.807, 2.05) is 20.8 Å². The minimum absolute atomic E-state index is 0.296. The van der Waals surface area contributed by atoms with Crippen molar-refractivity contribution < 1.29 is 14.9 Å². The van der Waals surface area contributed by atoms with Crippen molar-refractivity contribution >= 4 is 0 Å². The number of hydrogen-bond acceptors (Lipinski definition) is 4. The van der Waals surface area contributed by atoms with Crippen LogP contribution in [0, 0.1) is 5.92 Å². The highest BCUT2D eigenvalue weighted by atomic mass is 16.5. The molecule has 0 aliphatic heterocycles. The lowest BCUT2D eigenvalue weighted by Crippen LogP contribution is -2.28. The summed E-state index contributed by atoms with van der Waals surface area (Å²) >= 11 is 0. The second kappa shape index (κ2) is 9.09. The third-order valence-electron chi connectivity index (χ3n) is 2.23. The van der Waals surface area contributed by atoms with E-state index >= 15 is 0 Å². The van der Waals surface area contributed by atoms with Gasteiger partial charge in [-0.05, 0) is 19.3 Å². The predicted molar refractivity (Wildman–Crippen MR) is 62.7 cm³/mol. The van der Waals surface area contributed by atoms with Gasteiger partial charge in [-0.2, -0.15) is 0 Å². The van der Waals surface area contributed by atoms with Crippen LogP contribution >= 0.6 is 0 Å². The van der Waals surface area contributed by atoms with Crippen molar-refractivity contribution in [3.8, 4) is 0 Å². The molecule has 0 bridgehead atoms. The average Bonchev–Trinajstić information content (AvgIpc) is 2.17. The normalized spacial score (nSPS) is 16.6. The number of aliphatic hydroxyl groups is 2. The minimum atomic E-state index is -0.630. The first-order valence-electron chi connectivity index (χ1n) is 5.40. The second-order valence-electron chi connectivity index (χ2n) is 4.33. The Kier molecular flexibility index (Phi) is 10.5. The van der Waals surface area contributed by atoms with Crippen molar-refractivity contribution in [2.75, 3.05) is 20.3 Å². The summed E-state index contributed by atoms with van der Waals surface area (Å²) in [6, 6.07) is 0. The molecule has 4 heteroatoms. The van der Waals surface area contributed by atoms with Crippen LogP contribution in [0.4, 0.5) is 0 Å². The molecule has 2 unspecified atom stereocenters. The van der Waals surface area contributed by atoms with E-state index in [0.717, 1.165) is 6.42 Å². The van der Waals surface area contributed by atoms with Crippen LogP contribution in [0.3, 0.4) is 0 Å². The van der Waals surface area contributed by atoms with Gasteiger partial charge in [0, 0.05) is 13.7 Å². The topological polar surface area (TPSA) is 75.7 Å². The van der Waals surface area contributed by atoms with Crippen LogP contribution in [0.1, 0.15) is 34.1 Å². The molecule has 0 aromatic heterocycles. The Morgan fingerprint density at radius 3 is 1.93 bits per heavy atom. The Morgan fingerprint density at radius 1 is 1.40 bits per heavy atom. The van der Waals surface area contributed by atoms with Crippen LogP contribution in [0.2, 0.25) is 0 Å². The molecule has 0 saturated heterocycles. The van der Waals surface area contributed by atoms with Crippen LogP contribution in [0.5, 0.6) is 0 Å². The molecule has 94 valence electrons. The molecular formula is C11H27NO3. The predicted octanol–water partition coefficient (Wildman–Crippen LogP) is 0.756. The number of nitrogens with two attached hydrogens (primary N) is 1. The molecule has 0 spiro atoms. The zero-order chi connectivity index (χ0) is 12.5. The lowest BCUT2D eigenvalue weighted by Gasteiger charge is -2.18. The number of ether oxygens (including phenoxy) is 1. The summed E-state index contributed by atoms with van der Waals surface area (Å²) in [6.45, 7) is 8.37. The standard InChI is InChI=1S/C6H14O2.C5H13NO/c1-4-6(2,7)5-8-3;1-4(2)5(7)3-6/h7H,4-5H2,1-3H3;4-5,7H,3,6H2,1-2H3. The zero-order valence-electron chi connectivity index (χ0n) is 10.7. The maximum Gasteiger partial charge on any atom is 0.0849 e. The Bertz CT molecular complexity index is 138. The molecular weight excluding hydrogens is 194 g/mol. The van der Waals surface area contributed by atoms with Gasteiger partial charge in [-0.3, -0.25) is 0 Å². The summed E-state index contributed by atoms with van der Waals surface area (Å²) in [5.41, 5.74) is 4.49. The highest BCUT2D eigenvalue weighted by molar-refractivity contribution is 4.67.